The number of hydrogen-bond acceptors (Lipinski definition) is 4. The van der Waals surface area contributed by atoms with Crippen molar-refractivity contribution in [3.63, 3.8) is 0 Å². The molecular formula is C15H17BrN4. The maximum Gasteiger partial charge on any atom is 0.139 e. The lowest BCUT2D eigenvalue weighted by Crippen LogP contribution is -2.07. The molecule has 5 heteroatoms. The van der Waals surface area contributed by atoms with Crippen LogP contribution in [0.1, 0.15) is 35.7 Å². The fraction of sp³-hybridized carbons (Fsp3) is 0.333. The molecule has 1 aliphatic rings. The number of hydrogen-bond donors (Lipinski definition) is 2. The predicted octanol–water partition coefficient (Wildman–Crippen LogP) is 4.06. The van der Waals surface area contributed by atoms with Gasteiger partial charge in [-0.1, -0.05) is 22.0 Å². The molecule has 0 radical (unpaired) electrons. The Hall–Kier alpha value is -1.62. The van der Waals surface area contributed by atoms with Crippen molar-refractivity contribution in [2.45, 2.75) is 32.6 Å². The Labute approximate surface area is 127 Å². The molecule has 1 fully saturated rings. The van der Waals surface area contributed by atoms with Crippen LogP contribution < -0.4 is 11.1 Å². The first-order valence-corrected chi connectivity index (χ1v) is 7.51. The van der Waals surface area contributed by atoms with Gasteiger partial charge in [0.2, 0.25) is 0 Å². The van der Waals surface area contributed by atoms with Crippen LogP contribution in [0.4, 0.5) is 17.3 Å². The number of aryl methyl sites for hydroxylation is 1. The number of halogens is 1. The van der Waals surface area contributed by atoms with Crippen LogP contribution in [0.2, 0.25) is 0 Å². The van der Waals surface area contributed by atoms with E-state index in [1.165, 1.54) is 0 Å². The fourth-order valence-corrected chi connectivity index (χ4v) is 2.42. The third kappa shape index (κ3) is 2.63. The van der Waals surface area contributed by atoms with Crippen molar-refractivity contribution in [2.75, 3.05) is 11.1 Å². The molecule has 0 amide bonds. The normalized spacial score (nSPS) is 14.3. The summed E-state index contributed by atoms with van der Waals surface area (Å²) in [4.78, 5) is 9.04. The number of nitrogens with one attached hydrogen (secondary N) is 1. The van der Waals surface area contributed by atoms with Gasteiger partial charge >= 0.3 is 0 Å². The first kappa shape index (κ1) is 13.4. The summed E-state index contributed by atoms with van der Waals surface area (Å²) in [6, 6.07) is 6.13. The van der Waals surface area contributed by atoms with Gasteiger partial charge in [-0.3, -0.25) is 0 Å². The predicted molar refractivity (Wildman–Crippen MR) is 85.3 cm³/mol. The van der Waals surface area contributed by atoms with Gasteiger partial charge in [0, 0.05) is 21.6 Å². The molecule has 1 heterocycles. The van der Waals surface area contributed by atoms with E-state index in [1.807, 2.05) is 19.1 Å². The van der Waals surface area contributed by atoms with E-state index in [0.29, 0.717) is 11.7 Å². The second-order valence-electron chi connectivity index (χ2n) is 5.30. The third-order valence-electron chi connectivity index (χ3n) is 3.60. The highest BCUT2D eigenvalue weighted by molar-refractivity contribution is 9.10. The Bertz CT molecular complexity index is 665. The van der Waals surface area contributed by atoms with Crippen molar-refractivity contribution >= 4 is 33.3 Å². The SMILES string of the molecule is Cc1ccc(Br)cc1Nc1nc(C2CC2)nc(N)c1C. The Kier molecular flexibility index (Phi) is 3.38. The van der Waals surface area contributed by atoms with Crippen molar-refractivity contribution in [3.05, 3.63) is 39.6 Å². The molecule has 4 nitrogen and oxygen atoms in total. The maximum absolute atomic E-state index is 6.01. The number of nitrogen functional groups attached to an aromatic ring is 1. The van der Waals surface area contributed by atoms with Gasteiger partial charge in [0.25, 0.3) is 0 Å². The molecule has 0 bridgehead atoms. The summed E-state index contributed by atoms with van der Waals surface area (Å²) in [7, 11) is 0. The van der Waals surface area contributed by atoms with Crippen LogP contribution in [0.5, 0.6) is 0 Å². The number of anilines is 3. The lowest BCUT2D eigenvalue weighted by molar-refractivity contribution is 0.927. The zero-order valence-corrected chi connectivity index (χ0v) is 13.2. The molecule has 20 heavy (non-hydrogen) atoms. The van der Waals surface area contributed by atoms with E-state index in [1.54, 1.807) is 0 Å². The van der Waals surface area contributed by atoms with Crippen molar-refractivity contribution in [2.24, 2.45) is 0 Å². The molecule has 0 atom stereocenters. The Morgan fingerprint density at radius 3 is 2.70 bits per heavy atom. The topological polar surface area (TPSA) is 63.8 Å². The lowest BCUT2D eigenvalue weighted by atomic mass is 10.2. The molecular weight excluding hydrogens is 316 g/mol. The minimum absolute atomic E-state index is 0.488. The summed E-state index contributed by atoms with van der Waals surface area (Å²) < 4.78 is 1.03. The average molecular weight is 333 g/mol. The van der Waals surface area contributed by atoms with Crippen LogP contribution in [0.15, 0.2) is 22.7 Å². The molecule has 1 aromatic carbocycles. The smallest absolute Gasteiger partial charge is 0.139 e. The Morgan fingerprint density at radius 1 is 1.25 bits per heavy atom. The van der Waals surface area contributed by atoms with Crippen LogP contribution in [0, 0.1) is 13.8 Å². The number of rotatable bonds is 3. The van der Waals surface area contributed by atoms with Crippen LogP contribution in [-0.4, -0.2) is 9.97 Å². The summed E-state index contributed by atoms with van der Waals surface area (Å²) in [6.07, 6.45) is 2.33. The summed E-state index contributed by atoms with van der Waals surface area (Å²) in [5.41, 5.74) is 9.10. The number of nitrogens with zero attached hydrogens (tertiary/aromatic N) is 2. The lowest BCUT2D eigenvalue weighted by Gasteiger charge is -2.14. The van der Waals surface area contributed by atoms with E-state index in [2.05, 4.69) is 44.2 Å². The molecule has 0 unspecified atom stereocenters. The zero-order chi connectivity index (χ0) is 14.3. The number of benzene rings is 1. The first-order chi connectivity index (χ1) is 9.54. The van der Waals surface area contributed by atoms with Gasteiger partial charge in [0.1, 0.15) is 17.5 Å². The first-order valence-electron chi connectivity index (χ1n) is 6.72. The average Bonchev–Trinajstić information content (AvgIpc) is 3.23. The van der Waals surface area contributed by atoms with E-state index in [0.717, 1.165) is 45.8 Å². The van der Waals surface area contributed by atoms with E-state index in [4.69, 9.17) is 5.73 Å². The fourth-order valence-electron chi connectivity index (χ4n) is 2.05. The molecule has 0 spiro atoms. The van der Waals surface area contributed by atoms with E-state index in [9.17, 15) is 0 Å². The van der Waals surface area contributed by atoms with Gasteiger partial charge in [0.15, 0.2) is 0 Å². The monoisotopic (exact) mass is 332 g/mol. The summed E-state index contributed by atoms with van der Waals surface area (Å²) in [5.74, 6) is 2.72. The summed E-state index contributed by atoms with van der Waals surface area (Å²) >= 11 is 3.49. The minimum Gasteiger partial charge on any atom is -0.383 e. The van der Waals surface area contributed by atoms with Crippen LogP contribution in [-0.2, 0) is 0 Å². The maximum atomic E-state index is 6.01. The molecule has 0 saturated heterocycles. The quantitative estimate of drug-likeness (QED) is 0.889. The summed E-state index contributed by atoms with van der Waals surface area (Å²) in [6.45, 7) is 4.01. The highest BCUT2D eigenvalue weighted by atomic mass is 79.9. The third-order valence-corrected chi connectivity index (χ3v) is 4.09. The Balaban J connectivity index is 1.99. The standard InChI is InChI=1S/C15H17BrN4/c1-8-3-6-11(16)7-12(8)18-14-9(2)13(17)19-15(20-14)10-4-5-10/h3,6-7,10H,4-5H2,1-2H3,(H3,17,18,19,20). The van der Waals surface area contributed by atoms with Gasteiger partial charge < -0.3 is 11.1 Å². The second kappa shape index (κ2) is 5.05. The highest BCUT2D eigenvalue weighted by Gasteiger charge is 2.28. The molecule has 2 aromatic rings. The van der Waals surface area contributed by atoms with E-state index in [-0.39, 0.29) is 0 Å². The number of aromatic nitrogens is 2. The molecule has 104 valence electrons. The van der Waals surface area contributed by atoms with Crippen molar-refractivity contribution < 1.29 is 0 Å². The van der Waals surface area contributed by atoms with Crippen molar-refractivity contribution in [3.8, 4) is 0 Å². The van der Waals surface area contributed by atoms with E-state index < -0.39 is 0 Å². The molecule has 0 aliphatic heterocycles. The molecule has 1 saturated carbocycles. The second-order valence-corrected chi connectivity index (χ2v) is 6.21. The zero-order valence-electron chi connectivity index (χ0n) is 11.6. The van der Waals surface area contributed by atoms with Crippen LogP contribution in [0.25, 0.3) is 0 Å². The molecule has 3 N–H and O–H groups in total. The van der Waals surface area contributed by atoms with E-state index >= 15 is 0 Å². The van der Waals surface area contributed by atoms with Gasteiger partial charge in [-0.15, -0.1) is 0 Å². The van der Waals surface area contributed by atoms with Gasteiger partial charge in [-0.05, 0) is 44.4 Å². The van der Waals surface area contributed by atoms with Crippen molar-refractivity contribution in [1.82, 2.24) is 9.97 Å². The molecule has 1 aliphatic carbocycles. The van der Waals surface area contributed by atoms with Crippen molar-refractivity contribution in [1.29, 1.82) is 0 Å². The van der Waals surface area contributed by atoms with Crippen LogP contribution in [0.3, 0.4) is 0 Å². The Morgan fingerprint density at radius 2 is 2.00 bits per heavy atom. The minimum atomic E-state index is 0.488. The number of nitrogens with two attached hydrogens (primary N) is 1. The highest BCUT2D eigenvalue weighted by Crippen LogP contribution is 2.39. The largest absolute Gasteiger partial charge is 0.383 e. The van der Waals surface area contributed by atoms with Gasteiger partial charge in [-0.25, -0.2) is 9.97 Å². The molecule has 3 rings (SSSR count). The van der Waals surface area contributed by atoms with Gasteiger partial charge in [0.05, 0.1) is 0 Å². The molecule has 1 aromatic heterocycles. The van der Waals surface area contributed by atoms with Crippen LogP contribution >= 0.6 is 15.9 Å². The summed E-state index contributed by atoms with van der Waals surface area (Å²) in [5, 5.41) is 3.38. The van der Waals surface area contributed by atoms with Gasteiger partial charge in [-0.2, -0.15) is 0 Å².